The standard InChI is InChI=1S/C16H16O6/c1-20-10-2-3-11-12(7-10)22-14-15(18)5-4-9(17)6-13(15)21-8-16(11,14)19/h2-3,6-7,14,18-19H,4-5,8H2,1H3/t14-,15+,16+/m0/s1. The van der Waals surface area contributed by atoms with Crippen molar-refractivity contribution < 1.29 is 29.2 Å². The molecular formula is C16H16O6. The summed E-state index contributed by atoms with van der Waals surface area (Å²) in [6.45, 7) is -0.0710. The third kappa shape index (κ3) is 1.59. The zero-order valence-electron chi connectivity index (χ0n) is 12.0. The fraction of sp³-hybridized carbons (Fsp3) is 0.438. The Morgan fingerprint density at radius 1 is 1.32 bits per heavy atom. The van der Waals surface area contributed by atoms with E-state index in [-0.39, 0.29) is 31.0 Å². The largest absolute Gasteiger partial charge is 0.497 e. The highest BCUT2D eigenvalue weighted by molar-refractivity contribution is 5.91. The molecule has 2 aliphatic heterocycles. The van der Waals surface area contributed by atoms with Crippen LogP contribution in [0.2, 0.25) is 0 Å². The molecule has 0 saturated carbocycles. The van der Waals surface area contributed by atoms with Gasteiger partial charge in [-0.25, -0.2) is 0 Å². The van der Waals surface area contributed by atoms with Crippen LogP contribution in [0.5, 0.6) is 11.5 Å². The van der Waals surface area contributed by atoms with Gasteiger partial charge in [-0.3, -0.25) is 4.79 Å². The molecule has 6 nitrogen and oxygen atoms in total. The van der Waals surface area contributed by atoms with Crippen LogP contribution in [0, 0.1) is 0 Å². The van der Waals surface area contributed by atoms with Crippen molar-refractivity contribution in [2.75, 3.05) is 13.7 Å². The lowest BCUT2D eigenvalue weighted by Crippen LogP contribution is -2.62. The Morgan fingerprint density at radius 2 is 2.14 bits per heavy atom. The molecule has 0 radical (unpaired) electrons. The molecular weight excluding hydrogens is 288 g/mol. The summed E-state index contributed by atoms with van der Waals surface area (Å²) in [5.74, 6) is 1.14. The molecule has 22 heavy (non-hydrogen) atoms. The number of hydrogen-bond acceptors (Lipinski definition) is 6. The van der Waals surface area contributed by atoms with Crippen molar-refractivity contribution in [2.24, 2.45) is 0 Å². The maximum Gasteiger partial charge on any atom is 0.171 e. The summed E-state index contributed by atoms with van der Waals surface area (Å²) in [5.41, 5.74) is -2.40. The zero-order valence-corrected chi connectivity index (χ0v) is 12.0. The average molecular weight is 304 g/mol. The molecule has 3 aliphatic rings. The molecule has 2 N–H and O–H groups in total. The van der Waals surface area contributed by atoms with E-state index in [0.717, 1.165) is 0 Å². The molecule has 1 aliphatic carbocycles. The van der Waals surface area contributed by atoms with Gasteiger partial charge < -0.3 is 24.4 Å². The number of rotatable bonds is 1. The van der Waals surface area contributed by atoms with Crippen LogP contribution in [0.15, 0.2) is 30.0 Å². The van der Waals surface area contributed by atoms with Crippen LogP contribution in [0.4, 0.5) is 0 Å². The van der Waals surface area contributed by atoms with Gasteiger partial charge in [0.15, 0.2) is 23.1 Å². The molecule has 0 unspecified atom stereocenters. The first kappa shape index (κ1) is 13.6. The van der Waals surface area contributed by atoms with E-state index < -0.39 is 17.3 Å². The first-order valence-electron chi connectivity index (χ1n) is 7.15. The molecule has 6 heteroatoms. The maximum absolute atomic E-state index is 11.5. The lowest BCUT2D eigenvalue weighted by atomic mass is 9.73. The SMILES string of the molecule is COc1ccc2c(c1)O[C@H]1[C@@]3(O)CCC(=O)C=C3OC[C@@]21O. The van der Waals surface area contributed by atoms with Crippen LogP contribution in [-0.4, -0.2) is 41.4 Å². The van der Waals surface area contributed by atoms with Crippen molar-refractivity contribution in [3.8, 4) is 11.5 Å². The Kier molecular flexibility index (Phi) is 2.62. The summed E-state index contributed by atoms with van der Waals surface area (Å²) in [5, 5.41) is 22.0. The van der Waals surface area contributed by atoms with Gasteiger partial charge in [-0.05, 0) is 18.6 Å². The summed E-state index contributed by atoms with van der Waals surface area (Å²) in [6, 6.07) is 5.11. The van der Waals surface area contributed by atoms with Gasteiger partial charge in [-0.1, -0.05) is 0 Å². The summed E-state index contributed by atoms with van der Waals surface area (Å²) in [4.78, 5) is 11.5. The van der Waals surface area contributed by atoms with E-state index >= 15 is 0 Å². The van der Waals surface area contributed by atoms with Crippen LogP contribution >= 0.6 is 0 Å². The highest BCUT2D eigenvalue weighted by Crippen LogP contribution is 2.53. The molecule has 0 spiro atoms. The van der Waals surface area contributed by atoms with E-state index in [0.29, 0.717) is 17.1 Å². The fourth-order valence-corrected chi connectivity index (χ4v) is 3.49. The minimum absolute atomic E-state index is 0.0710. The van der Waals surface area contributed by atoms with Crippen molar-refractivity contribution in [3.63, 3.8) is 0 Å². The lowest BCUT2D eigenvalue weighted by molar-refractivity contribution is -0.207. The first-order chi connectivity index (χ1) is 10.5. The van der Waals surface area contributed by atoms with Crippen LogP contribution in [0.3, 0.4) is 0 Å². The molecule has 4 rings (SSSR count). The number of benzene rings is 1. The van der Waals surface area contributed by atoms with Gasteiger partial charge in [0.2, 0.25) is 0 Å². The van der Waals surface area contributed by atoms with E-state index in [1.807, 2.05) is 0 Å². The highest BCUT2D eigenvalue weighted by atomic mass is 16.6. The van der Waals surface area contributed by atoms with Crippen LogP contribution < -0.4 is 9.47 Å². The lowest BCUT2D eigenvalue weighted by Gasteiger charge is -2.46. The van der Waals surface area contributed by atoms with Gasteiger partial charge in [0, 0.05) is 24.1 Å². The predicted octanol–water partition coefficient (Wildman–Crippen LogP) is 0.652. The molecule has 0 bridgehead atoms. The summed E-state index contributed by atoms with van der Waals surface area (Å²) in [6.07, 6.45) is 0.750. The Labute approximate surface area is 126 Å². The van der Waals surface area contributed by atoms with E-state index in [4.69, 9.17) is 14.2 Å². The smallest absolute Gasteiger partial charge is 0.171 e. The third-order valence-corrected chi connectivity index (χ3v) is 4.69. The fourth-order valence-electron chi connectivity index (χ4n) is 3.49. The van der Waals surface area contributed by atoms with Crippen molar-refractivity contribution in [1.82, 2.24) is 0 Å². The number of hydrogen-bond donors (Lipinski definition) is 2. The molecule has 3 atom stereocenters. The normalized spacial score (nSPS) is 35.5. The monoisotopic (exact) mass is 304 g/mol. The van der Waals surface area contributed by atoms with Crippen molar-refractivity contribution in [3.05, 3.63) is 35.6 Å². The molecule has 1 aromatic carbocycles. The zero-order chi connectivity index (χ0) is 15.5. The summed E-state index contributed by atoms with van der Waals surface area (Å²) in [7, 11) is 1.54. The maximum atomic E-state index is 11.5. The Morgan fingerprint density at radius 3 is 2.91 bits per heavy atom. The Hall–Kier alpha value is -2.05. The predicted molar refractivity (Wildman–Crippen MR) is 74.5 cm³/mol. The van der Waals surface area contributed by atoms with E-state index in [1.54, 1.807) is 25.3 Å². The van der Waals surface area contributed by atoms with Gasteiger partial charge in [0.1, 0.15) is 23.9 Å². The van der Waals surface area contributed by atoms with Crippen molar-refractivity contribution in [1.29, 1.82) is 0 Å². The molecule has 1 saturated heterocycles. The molecule has 1 aromatic rings. The number of fused-ring (bicyclic) bond motifs is 5. The van der Waals surface area contributed by atoms with Gasteiger partial charge in [-0.2, -0.15) is 0 Å². The summed E-state index contributed by atoms with van der Waals surface area (Å²) >= 11 is 0. The van der Waals surface area contributed by atoms with Crippen molar-refractivity contribution in [2.45, 2.75) is 30.1 Å². The van der Waals surface area contributed by atoms with Gasteiger partial charge >= 0.3 is 0 Å². The minimum Gasteiger partial charge on any atom is -0.497 e. The Bertz CT molecular complexity index is 696. The number of methoxy groups -OCH3 is 1. The second-order valence-corrected chi connectivity index (χ2v) is 5.97. The van der Waals surface area contributed by atoms with Crippen LogP contribution in [-0.2, 0) is 15.1 Å². The van der Waals surface area contributed by atoms with E-state index in [1.165, 1.54) is 6.08 Å². The number of allylic oxidation sites excluding steroid dienone is 1. The number of carbonyl (C=O) groups is 1. The van der Waals surface area contributed by atoms with Gasteiger partial charge in [-0.15, -0.1) is 0 Å². The molecule has 0 amide bonds. The van der Waals surface area contributed by atoms with E-state index in [9.17, 15) is 15.0 Å². The van der Waals surface area contributed by atoms with Crippen molar-refractivity contribution >= 4 is 5.78 Å². The molecule has 2 heterocycles. The quantitative estimate of drug-likeness (QED) is 0.792. The van der Waals surface area contributed by atoms with E-state index in [2.05, 4.69) is 0 Å². The van der Waals surface area contributed by atoms with Gasteiger partial charge in [0.25, 0.3) is 0 Å². The second-order valence-electron chi connectivity index (χ2n) is 5.97. The molecule has 0 aromatic heterocycles. The minimum atomic E-state index is -1.51. The number of carbonyl (C=O) groups excluding carboxylic acids is 1. The second kappa shape index (κ2) is 4.24. The molecule has 1 fully saturated rings. The van der Waals surface area contributed by atoms with Crippen LogP contribution in [0.1, 0.15) is 18.4 Å². The number of ether oxygens (including phenoxy) is 3. The first-order valence-corrected chi connectivity index (χ1v) is 7.15. The number of ketones is 1. The highest BCUT2D eigenvalue weighted by Gasteiger charge is 2.64. The topological polar surface area (TPSA) is 85.2 Å². The average Bonchev–Trinajstić information content (AvgIpc) is 2.82. The number of aliphatic hydroxyl groups is 2. The summed E-state index contributed by atoms with van der Waals surface area (Å²) < 4.78 is 16.5. The van der Waals surface area contributed by atoms with Gasteiger partial charge in [0.05, 0.1) is 7.11 Å². The molecule has 116 valence electrons. The Balaban J connectivity index is 1.82. The third-order valence-electron chi connectivity index (χ3n) is 4.69. The van der Waals surface area contributed by atoms with Crippen LogP contribution in [0.25, 0.3) is 0 Å².